The summed E-state index contributed by atoms with van der Waals surface area (Å²) in [7, 11) is 3.97. The molecule has 0 aliphatic rings. The smallest absolute Gasteiger partial charge is 0.131 e. The lowest BCUT2D eigenvalue weighted by Crippen LogP contribution is -2.41. The van der Waals surface area contributed by atoms with Crippen molar-refractivity contribution in [1.82, 2.24) is 4.98 Å². The van der Waals surface area contributed by atoms with E-state index in [2.05, 4.69) is 43.0 Å². The van der Waals surface area contributed by atoms with Gasteiger partial charge in [-0.3, -0.25) is 0 Å². The van der Waals surface area contributed by atoms with Crippen LogP contribution in [0.2, 0.25) is 0 Å². The van der Waals surface area contributed by atoms with Crippen molar-refractivity contribution in [2.75, 3.05) is 24.3 Å². The highest BCUT2D eigenvalue weighted by atomic mass is 15.2. The van der Waals surface area contributed by atoms with Crippen molar-refractivity contribution in [2.45, 2.75) is 32.7 Å². The third-order valence-electron chi connectivity index (χ3n) is 3.11. The summed E-state index contributed by atoms with van der Waals surface area (Å²) in [5.41, 5.74) is 0.138. The Morgan fingerprint density at radius 1 is 1.40 bits per heavy atom. The fourth-order valence-electron chi connectivity index (χ4n) is 1.30. The molecule has 0 bridgehead atoms. The lowest BCUT2D eigenvalue weighted by molar-refractivity contribution is 0.467. The van der Waals surface area contributed by atoms with Crippen LogP contribution in [0.4, 0.5) is 11.6 Å². The van der Waals surface area contributed by atoms with Crippen LogP contribution in [0.15, 0.2) is 18.2 Å². The summed E-state index contributed by atoms with van der Waals surface area (Å²) in [5.74, 6) is 1.92. The van der Waals surface area contributed by atoms with Gasteiger partial charge in [0.2, 0.25) is 0 Å². The molecule has 3 nitrogen and oxygen atoms in total. The van der Waals surface area contributed by atoms with E-state index in [1.165, 1.54) is 0 Å². The largest absolute Gasteiger partial charge is 0.373 e. The van der Waals surface area contributed by atoms with Crippen LogP contribution < -0.4 is 10.2 Å². The molecule has 0 aliphatic carbocycles. The molecule has 0 aliphatic heterocycles. The molecule has 15 heavy (non-hydrogen) atoms. The van der Waals surface area contributed by atoms with E-state index in [-0.39, 0.29) is 5.54 Å². The Kier molecular flexibility index (Phi) is 3.56. The van der Waals surface area contributed by atoms with E-state index in [1.54, 1.807) is 0 Å². The van der Waals surface area contributed by atoms with Crippen LogP contribution in [0.25, 0.3) is 0 Å². The van der Waals surface area contributed by atoms with Crippen LogP contribution >= 0.6 is 0 Å². The molecular formula is C12H21N3. The molecule has 84 valence electrons. The second kappa shape index (κ2) is 4.51. The third kappa shape index (κ3) is 2.61. The monoisotopic (exact) mass is 207 g/mol. The summed E-state index contributed by atoms with van der Waals surface area (Å²) in [5, 5.41) is 3.05. The molecule has 1 aromatic heterocycles. The van der Waals surface area contributed by atoms with E-state index in [1.807, 2.05) is 25.2 Å². The number of nitrogens with zero attached hydrogens (tertiary/aromatic N) is 2. The van der Waals surface area contributed by atoms with Crippen molar-refractivity contribution in [2.24, 2.45) is 0 Å². The van der Waals surface area contributed by atoms with Crippen LogP contribution in [-0.2, 0) is 0 Å². The van der Waals surface area contributed by atoms with Gasteiger partial charge in [0.25, 0.3) is 0 Å². The molecule has 1 heterocycles. The van der Waals surface area contributed by atoms with E-state index >= 15 is 0 Å². The average molecular weight is 207 g/mol. The molecule has 1 N–H and O–H groups in total. The summed E-state index contributed by atoms with van der Waals surface area (Å²) in [6, 6.07) is 6.03. The number of nitrogens with one attached hydrogen (secondary N) is 1. The second-order valence-electron chi connectivity index (χ2n) is 4.36. The first-order valence-electron chi connectivity index (χ1n) is 5.40. The standard InChI is InChI=1S/C12H21N3/c1-6-12(2,3)15(5)11-9-7-8-10(13-4)14-11/h7-9H,6H2,1-5H3,(H,13,14). The molecule has 0 fully saturated rings. The zero-order valence-corrected chi connectivity index (χ0v) is 10.3. The lowest BCUT2D eigenvalue weighted by atomic mass is 10.00. The molecule has 3 heteroatoms. The predicted octanol–water partition coefficient (Wildman–Crippen LogP) is 2.75. The molecule has 0 aromatic carbocycles. The van der Waals surface area contributed by atoms with Gasteiger partial charge in [0.05, 0.1) is 0 Å². The molecule has 1 aromatic rings. The van der Waals surface area contributed by atoms with Crippen molar-refractivity contribution in [3.8, 4) is 0 Å². The summed E-state index contributed by atoms with van der Waals surface area (Å²) < 4.78 is 0. The van der Waals surface area contributed by atoms with Crippen LogP contribution in [0.1, 0.15) is 27.2 Å². The van der Waals surface area contributed by atoms with Crippen molar-refractivity contribution >= 4 is 11.6 Å². The first kappa shape index (κ1) is 11.8. The van der Waals surface area contributed by atoms with Crippen LogP contribution in [0.5, 0.6) is 0 Å². The van der Waals surface area contributed by atoms with Gasteiger partial charge in [-0.15, -0.1) is 0 Å². The first-order valence-corrected chi connectivity index (χ1v) is 5.40. The lowest BCUT2D eigenvalue weighted by Gasteiger charge is -2.35. The van der Waals surface area contributed by atoms with Crippen molar-refractivity contribution in [1.29, 1.82) is 0 Å². The maximum atomic E-state index is 4.52. The Bertz CT molecular complexity index is 320. The topological polar surface area (TPSA) is 28.2 Å². The zero-order chi connectivity index (χ0) is 11.5. The molecule has 0 amide bonds. The number of hydrogen-bond donors (Lipinski definition) is 1. The minimum absolute atomic E-state index is 0.138. The van der Waals surface area contributed by atoms with Crippen molar-refractivity contribution in [3.05, 3.63) is 18.2 Å². The van der Waals surface area contributed by atoms with Crippen LogP contribution in [-0.4, -0.2) is 24.6 Å². The maximum absolute atomic E-state index is 4.52. The summed E-state index contributed by atoms with van der Waals surface area (Å²) >= 11 is 0. The molecule has 0 atom stereocenters. The predicted molar refractivity (Wildman–Crippen MR) is 66.6 cm³/mol. The number of rotatable bonds is 4. The van der Waals surface area contributed by atoms with E-state index in [9.17, 15) is 0 Å². The summed E-state index contributed by atoms with van der Waals surface area (Å²) in [6.07, 6.45) is 1.09. The van der Waals surface area contributed by atoms with Gasteiger partial charge < -0.3 is 10.2 Å². The first-order chi connectivity index (χ1) is 7.01. The molecular weight excluding hydrogens is 186 g/mol. The fourth-order valence-corrected chi connectivity index (χ4v) is 1.30. The van der Waals surface area contributed by atoms with Gasteiger partial charge in [-0.05, 0) is 32.4 Å². The highest BCUT2D eigenvalue weighted by molar-refractivity contribution is 5.47. The Labute approximate surface area is 92.5 Å². The molecule has 1 rings (SSSR count). The minimum atomic E-state index is 0.138. The number of hydrogen-bond acceptors (Lipinski definition) is 3. The molecule has 0 radical (unpaired) electrons. The maximum Gasteiger partial charge on any atom is 0.131 e. The molecule has 0 unspecified atom stereocenters. The quantitative estimate of drug-likeness (QED) is 0.823. The zero-order valence-electron chi connectivity index (χ0n) is 10.3. The van der Waals surface area contributed by atoms with Gasteiger partial charge >= 0.3 is 0 Å². The van der Waals surface area contributed by atoms with E-state index < -0.39 is 0 Å². The summed E-state index contributed by atoms with van der Waals surface area (Å²) in [6.45, 7) is 6.64. The third-order valence-corrected chi connectivity index (χ3v) is 3.11. The van der Waals surface area contributed by atoms with Crippen LogP contribution in [0, 0.1) is 0 Å². The second-order valence-corrected chi connectivity index (χ2v) is 4.36. The van der Waals surface area contributed by atoms with Crippen molar-refractivity contribution < 1.29 is 0 Å². The molecule has 0 saturated heterocycles. The Morgan fingerprint density at radius 3 is 2.60 bits per heavy atom. The highest BCUT2D eigenvalue weighted by Gasteiger charge is 2.22. The van der Waals surface area contributed by atoms with Gasteiger partial charge in [0.1, 0.15) is 11.6 Å². The average Bonchev–Trinajstić information content (AvgIpc) is 2.28. The Hall–Kier alpha value is -1.25. The van der Waals surface area contributed by atoms with E-state index in [0.717, 1.165) is 18.1 Å². The number of pyridine rings is 1. The fraction of sp³-hybridized carbons (Fsp3) is 0.583. The van der Waals surface area contributed by atoms with Crippen LogP contribution in [0.3, 0.4) is 0 Å². The van der Waals surface area contributed by atoms with Gasteiger partial charge in [-0.2, -0.15) is 0 Å². The number of aromatic nitrogens is 1. The SMILES string of the molecule is CCC(C)(C)N(C)c1cccc(NC)n1. The van der Waals surface area contributed by atoms with Crippen molar-refractivity contribution in [3.63, 3.8) is 0 Å². The minimum Gasteiger partial charge on any atom is -0.373 e. The number of anilines is 2. The van der Waals surface area contributed by atoms with Gasteiger partial charge in [-0.1, -0.05) is 13.0 Å². The highest BCUT2D eigenvalue weighted by Crippen LogP contribution is 2.23. The Morgan fingerprint density at radius 2 is 2.07 bits per heavy atom. The van der Waals surface area contributed by atoms with E-state index in [0.29, 0.717) is 0 Å². The van der Waals surface area contributed by atoms with Gasteiger partial charge in [0, 0.05) is 19.6 Å². The molecule has 0 spiro atoms. The normalized spacial score (nSPS) is 11.3. The molecule has 0 saturated carbocycles. The van der Waals surface area contributed by atoms with Gasteiger partial charge in [-0.25, -0.2) is 4.98 Å². The summed E-state index contributed by atoms with van der Waals surface area (Å²) in [4.78, 5) is 6.74. The van der Waals surface area contributed by atoms with E-state index in [4.69, 9.17) is 0 Å². The Balaban J connectivity index is 2.95. The van der Waals surface area contributed by atoms with Gasteiger partial charge in [0.15, 0.2) is 0 Å².